The van der Waals surface area contributed by atoms with E-state index in [1.54, 1.807) is 6.07 Å². The third-order valence-electron chi connectivity index (χ3n) is 1.51. The molecule has 0 unspecified atom stereocenters. The molecule has 1 aromatic rings. The fourth-order valence-electron chi connectivity index (χ4n) is 0.902. The van der Waals surface area contributed by atoms with Crippen LogP contribution in [0.4, 0.5) is 0 Å². The lowest BCUT2D eigenvalue weighted by molar-refractivity contribution is 0.101. The molecule has 0 saturated carbocycles. The number of rotatable bonds is 2. The molecule has 0 fully saturated rings. The topological polar surface area (TPSA) is 72.5 Å². The molecule has 0 spiro atoms. The smallest absolute Gasteiger partial charge is 0.189 e. The molecular weight excluding hydrogens is 158 g/mol. The third-order valence-corrected chi connectivity index (χ3v) is 1.51. The number of carbonyl (C=O) groups excluding carboxylic acids is 1. The van der Waals surface area contributed by atoms with E-state index in [1.807, 2.05) is 0 Å². The molecule has 3 N–H and O–H groups in total. The maximum absolute atomic E-state index is 10.9. The van der Waals surface area contributed by atoms with Gasteiger partial charge in [-0.25, -0.2) is 0 Å². The van der Waals surface area contributed by atoms with Crippen LogP contribution in [-0.4, -0.2) is 10.9 Å². The first-order valence-electron chi connectivity index (χ1n) is 3.36. The number of aromatic hydroxyl groups is 1. The average Bonchev–Trinajstić information content (AvgIpc) is 2.04. The lowest BCUT2D eigenvalue weighted by atomic mass is 10.1. The molecule has 0 amide bonds. The summed E-state index contributed by atoms with van der Waals surface area (Å²) >= 11 is 0. The maximum atomic E-state index is 10.9. The summed E-state index contributed by atoms with van der Waals surface area (Å²) in [6.45, 7) is 1.36. The zero-order valence-corrected chi connectivity index (χ0v) is 6.57. The van der Waals surface area contributed by atoms with Crippen LogP contribution < -0.4 is 10.7 Å². The van der Waals surface area contributed by atoms with E-state index in [1.165, 1.54) is 19.1 Å². The zero-order valence-electron chi connectivity index (χ0n) is 6.57. The fourth-order valence-corrected chi connectivity index (χ4v) is 0.902. The van der Waals surface area contributed by atoms with Crippen LogP contribution in [0.5, 0.6) is 11.5 Å². The van der Waals surface area contributed by atoms with Gasteiger partial charge in [0.1, 0.15) is 0 Å². The Labute approximate surface area is 69.5 Å². The molecule has 0 aliphatic carbocycles. The van der Waals surface area contributed by atoms with Gasteiger partial charge in [0, 0.05) is 0 Å². The number of phenols is 1. The highest BCUT2D eigenvalue weighted by Crippen LogP contribution is 2.28. The van der Waals surface area contributed by atoms with Gasteiger partial charge in [0.2, 0.25) is 0 Å². The van der Waals surface area contributed by atoms with Crippen molar-refractivity contribution >= 4 is 5.78 Å². The first kappa shape index (κ1) is 8.55. The Bertz CT molecular complexity index is 309. The fraction of sp³-hybridized carbons (Fsp3) is 0.125. The predicted molar refractivity (Wildman–Crippen MR) is 42.9 cm³/mol. The van der Waals surface area contributed by atoms with E-state index in [4.69, 9.17) is 5.90 Å². The third kappa shape index (κ3) is 1.38. The lowest BCUT2D eigenvalue weighted by Crippen LogP contribution is -2.03. The van der Waals surface area contributed by atoms with Crippen LogP contribution in [0.3, 0.4) is 0 Å². The molecule has 0 aromatic heterocycles. The summed E-state index contributed by atoms with van der Waals surface area (Å²) in [5, 5.41) is 9.33. The van der Waals surface area contributed by atoms with E-state index in [9.17, 15) is 9.90 Å². The molecule has 0 heterocycles. The second-order valence-electron chi connectivity index (χ2n) is 2.33. The molecule has 0 radical (unpaired) electrons. The number of hydrogen-bond donors (Lipinski definition) is 2. The van der Waals surface area contributed by atoms with E-state index in [0.717, 1.165) is 0 Å². The van der Waals surface area contributed by atoms with Gasteiger partial charge in [-0.05, 0) is 19.1 Å². The Morgan fingerprint density at radius 2 is 2.25 bits per heavy atom. The Balaban J connectivity index is 3.23. The quantitative estimate of drug-likeness (QED) is 0.505. The molecule has 1 aromatic carbocycles. The molecule has 0 bridgehead atoms. The summed E-state index contributed by atoms with van der Waals surface area (Å²) in [6.07, 6.45) is 0. The second kappa shape index (κ2) is 3.23. The summed E-state index contributed by atoms with van der Waals surface area (Å²) in [4.78, 5) is 15.2. The highest BCUT2D eigenvalue weighted by molar-refractivity contribution is 5.97. The molecular formula is C8H9NO3. The minimum atomic E-state index is -0.230. The number of phenolic OH excluding ortho intramolecular Hbond substituents is 1. The Morgan fingerprint density at radius 3 is 2.75 bits per heavy atom. The van der Waals surface area contributed by atoms with Crippen molar-refractivity contribution in [1.29, 1.82) is 0 Å². The van der Waals surface area contributed by atoms with Crippen molar-refractivity contribution in [2.75, 3.05) is 0 Å². The Hall–Kier alpha value is -1.55. The number of hydrogen-bond acceptors (Lipinski definition) is 4. The van der Waals surface area contributed by atoms with Crippen molar-refractivity contribution in [2.24, 2.45) is 5.90 Å². The number of Topliss-reactive ketones (excluding diaryl/α,β-unsaturated/α-hetero) is 1. The molecule has 12 heavy (non-hydrogen) atoms. The highest BCUT2D eigenvalue weighted by Gasteiger charge is 2.10. The molecule has 4 nitrogen and oxygen atoms in total. The standard InChI is InChI=1S/C8H9NO3/c1-5(10)6-3-2-4-7(12-9)8(6)11/h2-4,11H,9H2,1H3. The van der Waals surface area contributed by atoms with Crippen LogP contribution in [0.2, 0.25) is 0 Å². The average molecular weight is 167 g/mol. The summed E-state index contributed by atoms with van der Waals surface area (Å²) in [6, 6.07) is 4.56. The van der Waals surface area contributed by atoms with E-state index in [0.29, 0.717) is 0 Å². The molecule has 0 saturated heterocycles. The predicted octanol–water partition coefficient (Wildman–Crippen LogP) is 0.847. The zero-order chi connectivity index (χ0) is 9.14. The number of carbonyl (C=O) groups is 1. The van der Waals surface area contributed by atoms with Crippen LogP contribution in [0.1, 0.15) is 17.3 Å². The number of nitrogens with two attached hydrogens (primary N) is 1. The van der Waals surface area contributed by atoms with Crippen molar-refractivity contribution < 1.29 is 14.7 Å². The minimum Gasteiger partial charge on any atom is -0.504 e. The van der Waals surface area contributed by atoms with E-state index < -0.39 is 0 Å². The van der Waals surface area contributed by atoms with Gasteiger partial charge >= 0.3 is 0 Å². The minimum absolute atomic E-state index is 0.0997. The Morgan fingerprint density at radius 1 is 1.58 bits per heavy atom. The van der Waals surface area contributed by atoms with Crippen molar-refractivity contribution in [3.8, 4) is 11.5 Å². The summed E-state index contributed by atoms with van der Waals surface area (Å²) in [5.74, 6) is 4.50. The Kier molecular flexibility index (Phi) is 2.30. The number of benzene rings is 1. The van der Waals surface area contributed by atoms with Crippen molar-refractivity contribution in [2.45, 2.75) is 6.92 Å². The molecule has 0 aliphatic rings. The van der Waals surface area contributed by atoms with Gasteiger partial charge in [0.25, 0.3) is 0 Å². The molecule has 0 atom stereocenters. The molecule has 4 heteroatoms. The van der Waals surface area contributed by atoms with E-state index in [2.05, 4.69) is 4.84 Å². The SMILES string of the molecule is CC(=O)c1cccc(ON)c1O. The summed E-state index contributed by atoms with van der Waals surface area (Å²) in [7, 11) is 0. The van der Waals surface area contributed by atoms with Gasteiger partial charge in [-0.1, -0.05) is 6.07 Å². The first-order chi connectivity index (χ1) is 5.66. The van der Waals surface area contributed by atoms with Crippen LogP contribution in [-0.2, 0) is 0 Å². The molecule has 0 aliphatic heterocycles. The highest BCUT2D eigenvalue weighted by atomic mass is 16.6. The summed E-state index contributed by atoms with van der Waals surface area (Å²) < 4.78 is 0. The maximum Gasteiger partial charge on any atom is 0.189 e. The van der Waals surface area contributed by atoms with Crippen molar-refractivity contribution in [3.63, 3.8) is 0 Å². The van der Waals surface area contributed by atoms with Crippen LogP contribution in [0.25, 0.3) is 0 Å². The van der Waals surface area contributed by atoms with Crippen LogP contribution in [0, 0.1) is 0 Å². The van der Waals surface area contributed by atoms with Gasteiger partial charge < -0.3 is 9.94 Å². The van der Waals surface area contributed by atoms with Gasteiger partial charge in [-0.2, -0.15) is 5.90 Å². The largest absolute Gasteiger partial charge is 0.504 e. The molecule has 1 rings (SSSR count). The van der Waals surface area contributed by atoms with Crippen LogP contribution in [0.15, 0.2) is 18.2 Å². The van der Waals surface area contributed by atoms with Crippen LogP contribution >= 0.6 is 0 Å². The lowest BCUT2D eigenvalue weighted by Gasteiger charge is -2.04. The van der Waals surface area contributed by atoms with Gasteiger partial charge in [-0.15, -0.1) is 0 Å². The van der Waals surface area contributed by atoms with Gasteiger partial charge in [0.15, 0.2) is 17.3 Å². The first-order valence-corrected chi connectivity index (χ1v) is 3.36. The monoisotopic (exact) mass is 167 g/mol. The number of ketones is 1. The normalized spacial score (nSPS) is 9.50. The second-order valence-corrected chi connectivity index (χ2v) is 2.33. The molecule has 64 valence electrons. The summed E-state index contributed by atoms with van der Waals surface area (Å²) in [5.41, 5.74) is 0.206. The van der Waals surface area contributed by atoms with E-state index >= 15 is 0 Å². The number of para-hydroxylation sites is 1. The van der Waals surface area contributed by atoms with Gasteiger partial charge in [-0.3, -0.25) is 4.79 Å². The van der Waals surface area contributed by atoms with E-state index in [-0.39, 0.29) is 22.8 Å². The van der Waals surface area contributed by atoms with Gasteiger partial charge in [0.05, 0.1) is 5.56 Å². The van der Waals surface area contributed by atoms with Crippen molar-refractivity contribution in [1.82, 2.24) is 0 Å². The van der Waals surface area contributed by atoms with Crippen molar-refractivity contribution in [3.05, 3.63) is 23.8 Å².